The number of carbonyl (C=O) groups excluding carboxylic acids is 1. The Bertz CT molecular complexity index is 396. The SMILES string of the molecule is Cl.NC(Cc1ccccc1)C(=O)NCCOCC1CC1. The monoisotopic (exact) mass is 298 g/mol. The molecule has 0 aliphatic heterocycles. The molecule has 1 saturated carbocycles. The van der Waals surface area contributed by atoms with Crippen LogP contribution in [0.15, 0.2) is 30.3 Å². The molecule has 1 atom stereocenters. The second-order valence-corrected chi connectivity index (χ2v) is 5.11. The quantitative estimate of drug-likeness (QED) is 0.715. The molecule has 1 unspecified atom stereocenters. The van der Waals surface area contributed by atoms with Crippen molar-refractivity contribution in [1.82, 2.24) is 5.32 Å². The van der Waals surface area contributed by atoms with Gasteiger partial charge in [0, 0.05) is 13.2 Å². The number of ether oxygens (including phenoxy) is 1. The van der Waals surface area contributed by atoms with Gasteiger partial charge >= 0.3 is 0 Å². The van der Waals surface area contributed by atoms with Gasteiger partial charge in [0.15, 0.2) is 0 Å². The standard InChI is InChI=1S/C15H22N2O2.ClH/c16-14(10-12-4-2-1-3-5-12)15(18)17-8-9-19-11-13-6-7-13;/h1-5,13-14H,6-11,16H2,(H,17,18);1H. The molecule has 0 heterocycles. The van der Waals surface area contributed by atoms with Crippen LogP contribution in [0.5, 0.6) is 0 Å². The number of benzene rings is 1. The van der Waals surface area contributed by atoms with Crippen molar-refractivity contribution in [1.29, 1.82) is 0 Å². The molecule has 2 rings (SSSR count). The van der Waals surface area contributed by atoms with E-state index in [1.165, 1.54) is 12.8 Å². The van der Waals surface area contributed by atoms with E-state index < -0.39 is 6.04 Å². The molecule has 0 saturated heterocycles. The van der Waals surface area contributed by atoms with Gasteiger partial charge in [-0.05, 0) is 30.7 Å². The normalized spacial score (nSPS) is 15.2. The molecule has 4 nitrogen and oxygen atoms in total. The first-order chi connectivity index (χ1) is 9.25. The Morgan fingerprint density at radius 2 is 2.05 bits per heavy atom. The molecule has 0 bridgehead atoms. The number of amides is 1. The van der Waals surface area contributed by atoms with Gasteiger partial charge in [0.25, 0.3) is 0 Å². The van der Waals surface area contributed by atoms with Gasteiger partial charge in [-0.2, -0.15) is 0 Å². The Balaban J connectivity index is 0.00000200. The van der Waals surface area contributed by atoms with Crippen LogP contribution >= 0.6 is 12.4 Å². The van der Waals surface area contributed by atoms with E-state index in [9.17, 15) is 4.79 Å². The van der Waals surface area contributed by atoms with E-state index in [2.05, 4.69) is 5.32 Å². The lowest BCUT2D eigenvalue weighted by atomic mass is 10.1. The Kier molecular flexibility index (Phi) is 7.59. The summed E-state index contributed by atoms with van der Waals surface area (Å²) >= 11 is 0. The summed E-state index contributed by atoms with van der Waals surface area (Å²) in [4.78, 5) is 11.8. The first-order valence-corrected chi connectivity index (χ1v) is 6.90. The first kappa shape index (κ1) is 17.0. The molecular weight excluding hydrogens is 276 g/mol. The van der Waals surface area contributed by atoms with Gasteiger partial charge in [0.1, 0.15) is 0 Å². The molecule has 0 radical (unpaired) electrons. The van der Waals surface area contributed by atoms with Gasteiger partial charge in [-0.3, -0.25) is 4.79 Å². The highest BCUT2D eigenvalue weighted by molar-refractivity contribution is 5.85. The fraction of sp³-hybridized carbons (Fsp3) is 0.533. The summed E-state index contributed by atoms with van der Waals surface area (Å²) in [6, 6.07) is 9.31. The zero-order chi connectivity index (χ0) is 13.5. The van der Waals surface area contributed by atoms with Crippen LogP contribution in [0.25, 0.3) is 0 Å². The van der Waals surface area contributed by atoms with Crippen molar-refractivity contribution < 1.29 is 9.53 Å². The number of halogens is 1. The van der Waals surface area contributed by atoms with Crippen molar-refractivity contribution in [3.8, 4) is 0 Å². The maximum Gasteiger partial charge on any atom is 0.237 e. The van der Waals surface area contributed by atoms with Crippen LogP contribution < -0.4 is 11.1 Å². The third-order valence-electron chi connectivity index (χ3n) is 3.23. The van der Waals surface area contributed by atoms with Crippen LogP contribution in [0.2, 0.25) is 0 Å². The van der Waals surface area contributed by atoms with Gasteiger partial charge < -0.3 is 15.8 Å². The lowest BCUT2D eigenvalue weighted by Crippen LogP contribution is -2.43. The fourth-order valence-corrected chi connectivity index (χ4v) is 1.87. The lowest BCUT2D eigenvalue weighted by Gasteiger charge is -2.12. The number of hydrogen-bond acceptors (Lipinski definition) is 3. The number of carbonyl (C=O) groups is 1. The number of nitrogens with one attached hydrogen (secondary N) is 1. The van der Waals surface area contributed by atoms with Gasteiger partial charge in [-0.15, -0.1) is 12.4 Å². The zero-order valence-corrected chi connectivity index (χ0v) is 12.4. The van der Waals surface area contributed by atoms with Crippen molar-refractivity contribution >= 4 is 18.3 Å². The lowest BCUT2D eigenvalue weighted by molar-refractivity contribution is -0.122. The second-order valence-electron chi connectivity index (χ2n) is 5.11. The van der Waals surface area contributed by atoms with E-state index in [1.807, 2.05) is 30.3 Å². The van der Waals surface area contributed by atoms with Crippen molar-refractivity contribution in [3.05, 3.63) is 35.9 Å². The number of rotatable bonds is 8. The third-order valence-corrected chi connectivity index (χ3v) is 3.23. The molecule has 0 spiro atoms. The summed E-state index contributed by atoms with van der Waals surface area (Å²) in [6.45, 7) is 1.93. The molecule has 0 aromatic heterocycles. The highest BCUT2D eigenvalue weighted by Crippen LogP contribution is 2.28. The fourth-order valence-electron chi connectivity index (χ4n) is 1.87. The summed E-state index contributed by atoms with van der Waals surface area (Å²) in [6.07, 6.45) is 3.14. The van der Waals surface area contributed by atoms with Crippen LogP contribution in [-0.2, 0) is 16.0 Å². The van der Waals surface area contributed by atoms with Crippen LogP contribution in [0.3, 0.4) is 0 Å². The van der Waals surface area contributed by atoms with E-state index in [0.717, 1.165) is 18.1 Å². The van der Waals surface area contributed by atoms with Gasteiger partial charge in [-0.25, -0.2) is 0 Å². The average molecular weight is 299 g/mol. The van der Waals surface area contributed by atoms with Crippen molar-refractivity contribution in [2.75, 3.05) is 19.8 Å². The zero-order valence-electron chi connectivity index (χ0n) is 11.6. The van der Waals surface area contributed by atoms with Gasteiger partial charge in [-0.1, -0.05) is 30.3 Å². The van der Waals surface area contributed by atoms with Crippen LogP contribution in [0.4, 0.5) is 0 Å². The summed E-state index contributed by atoms with van der Waals surface area (Å²) in [5.41, 5.74) is 6.95. The van der Waals surface area contributed by atoms with Crippen molar-refractivity contribution in [2.24, 2.45) is 11.7 Å². The predicted molar refractivity (Wildman–Crippen MR) is 81.9 cm³/mol. The summed E-state index contributed by atoms with van der Waals surface area (Å²) in [7, 11) is 0. The highest BCUT2D eigenvalue weighted by atomic mass is 35.5. The van der Waals surface area contributed by atoms with E-state index >= 15 is 0 Å². The molecule has 5 heteroatoms. The van der Waals surface area contributed by atoms with E-state index in [4.69, 9.17) is 10.5 Å². The second kappa shape index (κ2) is 8.95. The minimum atomic E-state index is -0.495. The molecule has 20 heavy (non-hydrogen) atoms. The smallest absolute Gasteiger partial charge is 0.237 e. The molecule has 1 aliphatic rings. The molecule has 1 fully saturated rings. The van der Waals surface area contributed by atoms with Crippen LogP contribution in [0, 0.1) is 5.92 Å². The Labute approximate surface area is 126 Å². The Morgan fingerprint density at radius 3 is 2.70 bits per heavy atom. The summed E-state index contributed by atoms with van der Waals surface area (Å²) < 4.78 is 5.45. The highest BCUT2D eigenvalue weighted by Gasteiger charge is 2.21. The molecule has 1 aliphatic carbocycles. The molecule has 1 aromatic carbocycles. The molecule has 1 aromatic rings. The molecule has 112 valence electrons. The third kappa shape index (κ3) is 6.37. The Morgan fingerprint density at radius 1 is 1.35 bits per heavy atom. The maximum atomic E-state index is 11.8. The van der Waals surface area contributed by atoms with Crippen molar-refractivity contribution in [3.63, 3.8) is 0 Å². The van der Waals surface area contributed by atoms with Crippen LogP contribution in [-0.4, -0.2) is 31.7 Å². The van der Waals surface area contributed by atoms with Gasteiger partial charge in [0.2, 0.25) is 5.91 Å². The first-order valence-electron chi connectivity index (χ1n) is 6.90. The van der Waals surface area contributed by atoms with E-state index in [1.54, 1.807) is 0 Å². The summed E-state index contributed by atoms with van der Waals surface area (Å²) in [5.74, 6) is 0.648. The predicted octanol–water partition coefficient (Wildman–Crippen LogP) is 1.52. The average Bonchev–Trinajstić information content (AvgIpc) is 3.23. The van der Waals surface area contributed by atoms with E-state index in [-0.39, 0.29) is 18.3 Å². The maximum absolute atomic E-state index is 11.8. The molecular formula is C15H23ClN2O2. The number of nitrogens with two attached hydrogens (primary N) is 1. The van der Waals surface area contributed by atoms with Gasteiger partial charge in [0.05, 0.1) is 12.6 Å². The largest absolute Gasteiger partial charge is 0.379 e. The number of hydrogen-bond donors (Lipinski definition) is 2. The van der Waals surface area contributed by atoms with Crippen molar-refractivity contribution in [2.45, 2.75) is 25.3 Å². The topological polar surface area (TPSA) is 64.4 Å². The Hall–Kier alpha value is -1.10. The minimum Gasteiger partial charge on any atom is -0.379 e. The molecule has 3 N–H and O–H groups in total. The van der Waals surface area contributed by atoms with Crippen LogP contribution in [0.1, 0.15) is 18.4 Å². The minimum absolute atomic E-state index is 0. The van der Waals surface area contributed by atoms with E-state index in [0.29, 0.717) is 19.6 Å². The molecule has 1 amide bonds. The summed E-state index contributed by atoms with van der Waals surface area (Å²) in [5, 5.41) is 2.81.